The summed E-state index contributed by atoms with van der Waals surface area (Å²) >= 11 is 1.33. The van der Waals surface area contributed by atoms with Gasteiger partial charge in [0.25, 0.3) is 5.91 Å². The van der Waals surface area contributed by atoms with Gasteiger partial charge in [0.1, 0.15) is 17.7 Å². The van der Waals surface area contributed by atoms with Crippen LogP contribution in [0.2, 0.25) is 0 Å². The van der Waals surface area contributed by atoms with E-state index in [1.54, 1.807) is 18.6 Å². The van der Waals surface area contributed by atoms with Gasteiger partial charge in [-0.2, -0.15) is 0 Å². The molecule has 0 aliphatic heterocycles. The van der Waals surface area contributed by atoms with E-state index in [9.17, 15) is 4.79 Å². The van der Waals surface area contributed by atoms with Crippen molar-refractivity contribution in [1.82, 2.24) is 34.9 Å². The van der Waals surface area contributed by atoms with Crippen molar-refractivity contribution in [1.29, 1.82) is 0 Å². The summed E-state index contributed by atoms with van der Waals surface area (Å²) in [5, 5.41) is 12.8. The summed E-state index contributed by atoms with van der Waals surface area (Å²) in [5.41, 5.74) is 4.52. The number of nitrogens with zero attached hydrogens (tertiary/aromatic N) is 7. The maximum atomic E-state index is 12.6. The molecule has 1 amide bonds. The van der Waals surface area contributed by atoms with Gasteiger partial charge in [-0.25, -0.2) is 19.6 Å². The zero-order valence-corrected chi connectivity index (χ0v) is 15.3. The molecule has 0 spiro atoms. The Labute approximate surface area is 158 Å². The van der Waals surface area contributed by atoms with E-state index in [4.69, 9.17) is 0 Å². The van der Waals surface area contributed by atoms with Crippen molar-refractivity contribution in [3.63, 3.8) is 0 Å². The van der Waals surface area contributed by atoms with E-state index in [-0.39, 0.29) is 11.6 Å². The molecule has 4 heterocycles. The zero-order chi connectivity index (χ0) is 18.8. The smallest absolute Gasteiger partial charge is 0.277 e. The van der Waals surface area contributed by atoms with Gasteiger partial charge in [-0.3, -0.25) is 15.1 Å². The van der Waals surface area contributed by atoms with Crippen molar-refractivity contribution in [3.8, 4) is 17.1 Å². The Morgan fingerprint density at radius 1 is 1.19 bits per heavy atom. The molecule has 134 valence electrons. The predicted molar refractivity (Wildman–Crippen MR) is 99.7 cm³/mol. The first-order chi connectivity index (χ1) is 13.1. The van der Waals surface area contributed by atoms with Crippen LogP contribution in [-0.2, 0) is 0 Å². The van der Waals surface area contributed by atoms with Gasteiger partial charge >= 0.3 is 0 Å². The molecular weight excluding hydrogens is 364 g/mol. The number of aryl methyl sites for hydroxylation is 1. The van der Waals surface area contributed by atoms with Crippen LogP contribution in [0.25, 0.3) is 17.1 Å². The van der Waals surface area contributed by atoms with E-state index in [0.717, 1.165) is 22.5 Å². The SMILES string of the molecule is Cc1ccnc(-c2csc(NC(=O)c3cnnn3-c3cncnc3)n2)c1C. The van der Waals surface area contributed by atoms with Crippen molar-refractivity contribution in [2.75, 3.05) is 5.32 Å². The standard InChI is InChI=1S/C17H14N8OS/c1-10-3-4-20-15(11(10)2)13-8-27-17(22-13)23-16(26)14-7-21-24-25(14)12-5-18-9-19-6-12/h3-9H,1-2H3,(H,22,23,26). The molecule has 1 N–H and O–H groups in total. The summed E-state index contributed by atoms with van der Waals surface area (Å²) < 4.78 is 1.37. The fourth-order valence-corrected chi connectivity index (χ4v) is 3.16. The number of hydrogen-bond donors (Lipinski definition) is 1. The highest BCUT2D eigenvalue weighted by molar-refractivity contribution is 7.14. The van der Waals surface area contributed by atoms with Gasteiger partial charge in [0.05, 0.1) is 24.3 Å². The predicted octanol–water partition coefficient (Wildman–Crippen LogP) is 2.44. The number of carbonyl (C=O) groups excluding carboxylic acids is 1. The minimum absolute atomic E-state index is 0.256. The van der Waals surface area contributed by atoms with E-state index in [0.29, 0.717) is 10.8 Å². The Morgan fingerprint density at radius 2 is 2.00 bits per heavy atom. The maximum Gasteiger partial charge on any atom is 0.277 e. The van der Waals surface area contributed by atoms with Crippen LogP contribution in [0, 0.1) is 13.8 Å². The van der Waals surface area contributed by atoms with Crippen LogP contribution in [0.5, 0.6) is 0 Å². The zero-order valence-electron chi connectivity index (χ0n) is 14.5. The molecule has 0 bridgehead atoms. The maximum absolute atomic E-state index is 12.6. The minimum Gasteiger partial charge on any atom is -0.296 e. The molecule has 0 aliphatic rings. The second-order valence-corrected chi connectivity index (χ2v) is 6.58. The van der Waals surface area contributed by atoms with E-state index >= 15 is 0 Å². The third-order valence-corrected chi connectivity index (χ3v) is 4.77. The quantitative estimate of drug-likeness (QED) is 0.580. The van der Waals surface area contributed by atoms with Crippen LogP contribution >= 0.6 is 11.3 Å². The number of hydrogen-bond acceptors (Lipinski definition) is 8. The highest BCUT2D eigenvalue weighted by Gasteiger charge is 2.17. The highest BCUT2D eigenvalue weighted by Crippen LogP contribution is 2.27. The third kappa shape index (κ3) is 3.29. The lowest BCUT2D eigenvalue weighted by molar-refractivity contribution is 0.101. The van der Waals surface area contributed by atoms with Crippen LogP contribution in [-0.4, -0.2) is 40.8 Å². The van der Waals surface area contributed by atoms with Crippen LogP contribution < -0.4 is 5.32 Å². The first kappa shape index (κ1) is 16.9. The molecule has 10 heteroatoms. The summed E-state index contributed by atoms with van der Waals surface area (Å²) in [6, 6.07) is 1.95. The average molecular weight is 378 g/mol. The van der Waals surface area contributed by atoms with Gasteiger partial charge in [0.2, 0.25) is 0 Å². The van der Waals surface area contributed by atoms with Gasteiger partial charge in [-0.1, -0.05) is 5.21 Å². The number of thiazole rings is 1. The number of amides is 1. The van der Waals surface area contributed by atoms with Gasteiger partial charge in [0, 0.05) is 11.6 Å². The van der Waals surface area contributed by atoms with Crippen LogP contribution in [0.4, 0.5) is 5.13 Å². The third-order valence-electron chi connectivity index (χ3n) is 4.02. The molecule has 4 rings (SSSR count). The number of nitrogens with one attached hydrogen (secondary N) is 1. The van der Waals surface area contributed by atoms with Gasteiger partial charge < -0.3 is 0 Å². The monoisotopic (exact) mass is 378 g/mol. The average Bonchev–Trinajstić information content (AvgIpc) is 3.34. The van der Waals surface area contributed by atoms with E-state index in [1.807, 2.05) is 25.3 Å². The lowest BCUT2D eigenvalue weighted by Crippen LogP contribution is -2.17. The van der Waals surface area contributed by atoms with Crippen LogP contribution in [0.15, 0.2) is 42.6 Å². The van der Waals surface area contributed by atoms with E-state index in [2.05, 4.69) is 35.6 Å². The lowest BCUT2D eigenvalue weighted by atomic mass is 10.1. The second kappa shape index (κ2) is 7.00. The fourth-order valence-electron chi connectivity index (χ4n) is 2.47. The summed E-state index contributed by atoms with van der Waals surface area (Å²) in [5.74, 6) is -0.376. The molecule has 0 fully saturated rings. The normalized spacial score (nSPS) is 10.7. The number of rotatable bonds is 4. The Balaban J connectivity index is 1.58. The largest absolute Gasteiger partial charge is 0.296 e. The number of anilines is 1. The van der Waals surface area contributed by atoms with Crippen molar-refractivity contribution in [2.24, 2.45) is 0 Å². The van der Waals surface area contributed by atoms with Crippen LogP contribution in [0.1, 0.15) is 21.6 Å². The summed E-state index contributed by atoms with van der Waals surface area (Å²) in [6.45, 7) is 4.03. The fraction of sp³-hybridized carbons (Fsp3) is 0.118. The molecule has 4 aromatic heterocycles. The minimum atomic E-state index is -0.376. The first-order valence-corrected chi connectivity index (χ1v) is 8.87. The second-order valence-electron chi connectivity index (χ2n) is 5.72. The summed E-state index contributed by atoms with van der Waals surface area (Å²) in [6.07, 6.45) is 7.63. The number of pyridine rings is 1. The Morgan fingerprint density at radius 3 is 2.81 bits per heavy atom. The summed E-state index contributed by atoms with van der Waals surface area (Å²) in [7, 11) is 0. The Kier molecular flexibility index (Phi) is 4.38. The molecule has 0 unspecified atom stereocenters. The van der Waals surface area contributed by atoms with Crippen molar-refractivity contribution < 1.29 is 4.79 Å². The molecule has 0 radical (unpaired) electrons. The molecule has 0 saturated carbocycles. The summed E-state index contributed by atoms with van der Waals surface area (Å²) in [4.78, 5) is 29.4. The lowest BCUT2D eigenvalue weighted by Gasteiger charge is -2.05. The molecule has 0 saturated heterocycles. The Bertz CT molecular complexity index is 1110. The van der Waals surface area contributed by atoms with Gasteiger partial charge in [0.15, 0.2) is 10.8 Å². The molecule has 0 aromatic carbocycles. The molecule has 27 heavy (non-hydrogen) atoms. The van der Waals surface area contributed by atoms with Crippen molar-refractivity contribution in [2.45, 2.75) is 13.8 Å². The molecule has 0 atom stereocenters. The Hall–Kier alpha value is -3.53. The van der Waals surface area contributed by atoms with Gasteiger partial charge in [-0.05, 0) is 31.0 Å². The van der Waals surface area contributed by atoms with E-state index in [1.165, 1.54) is 28.5 Å². The van der Waals surface area contributed by atoms with Crippen molar-refractivity contribution in [3.05, 3.63) is 59.4 Å². The van der Waals surface area contributed by atoms with E-state index < -0.39 is 0 Å². The van der Waals surface area contributed by atoms with Crippen molar-refractivity contribution >= 4 is 22.4 Å². The van der Waals surface area contributed by atoms with Gasteiger partial charge in [-0.15, -0.1) is 16.4 Å². The first-order valence-electron chi connectivity index (χ1n) is 7.99. The molecule has 9 nitrogen and oxygen atoms in total. The molecule has 0 aliphatic carbocycles. The van der Waals surface area contributed by atoms with Crippen LogP contribution in [0.3, 0.4) is 0 Å². The molecule has 4 aromatic rings. The molecular formula is C17H14N8OS. The number of carbonyl (C=O) groups is 1. The topological polar surface area (TPSA) is 111 Å². The highest BCUT2D eigenvalue weighted by atomic mass is 32.1. The number of aromatic nitrogens is 7.